The molecule has 5 nitrogen and oxygen atoms in total. The van der Waals surface area contributed by atoms with Crippen LogP contribution in [0.1, 0.15) is 44.1 Å². The monoisotopic (exact) mass is 517 g/mol. The van der Waals surface area contributed by atoms with Gasteiger partial charge in [0.2, 0.25) is 11.8 Å². The van der Waals surface area contributed by atoms with Gasteiger partial charge in [0.25, 0.3) is 0 Å². The zero-order valence-corrected chi connectivity index (χ0v) is 20.9. The second kappa shape index (κ2) is 11.4. The first-order valence-corrected chi connectivity index (χ1v) is 12.8. The van der Waals surface area contributed by atoms with Crippen molar-refractivity contribution < 1.29 is 18.4 Å². The number of nitrogens with zero attached hydrogens (tertiary/aromatic N) is 2. The Labute approximate surface area is 212 Å². The van der Waals surface area contributed by atoms with Crippen LogP contribution < -0.4 is 5.32 Å². The van der Waals surface area contributed by atoms with Crippen LogP contribution in [0.4, 0.5) is 20.2 Å². The van der Waals surface area contributed by atoms with E-state index in [9.17, 15) is 18.4 Å². The third-order valence-electron chi connectivity index (χ3n) is 6.02. The van der Waals surface area contributed by atoms with E-state index in [0.717, 1.165) is 43.4 Å². The summed E-state index contributed by atoms with van der Waals surface area (Å²) >= 11 is 7.47. The predicted molar refractivity (Wildman–Crippen MR) is 137 cm³/mol. The summed E-state index contributed by atoms with van der Waals surface area (Å²) in [6.45, 7) is 2.37. The SMILES string of the molecule is Cc1ccc(N=C2S[C@@H](CC(=O)Nc3ccc(F)cc3F)C(=O)N2CCC2=CCCCC2)cc1Cl. The second-order valence-corrected chi connectivity index (χ2v) is 10.2. The fraction of sp³-hybridized carbons (Fsp3) is 0.346. The number of amides is 2. The van der Waals surface area contributed by atoms with Gasteiger partial charge in [-0.15, -0.1) is 0 Å². The average Bonchev–Trinajstić information content (AvgIpc) is 3.11. The Morgan fingerprint density at radius 1 is 1.23 bits per heavy atom. The molecule has 0 bridgehead atoms. The summed E-state index contributed by atoms with van der Waals surface area (Å²) in [6.07, 6.45) is 7.27. The molecule has 2 aliphatic rings. The predicted octanol–water partition coefficient (Wildman–Crippen LogP) is 6.78. The largest absolute Gasteiger partial charge is 0.324 e. The van der Waals surface area contributed by atoms with Crippen LogP contribution >= 0.6 is 23.4 Å². The van der Waals surface area contributed by atoms with Gasteiger partial charge in [-0.3, -0.25) is 14.5 Å². The highest BCUT2D eigenvalue weighted by Crippen LogP contribution is 2.34. The van der Waals surface area contributed by atoms with E-state index in [1.165, 1.54) is 23.8 Å². The van der Waals surface area contributed by atoms with Gasteiger partial charge in [-0.2, -0.15) is 0 Å². The first-order valence-electron chi connectivity index (χ1n) is 11.6. The Hall–Kier alpha value is -2.71. The highest BCUT2D eigenvalue weighted by atomic mass is 35.5. The smallest absolute Gasteiger partial charge is 0.242 e. The van der Waals surface area contributed by atoms with E-state index in [1.54, 1.807) is 11.0 Å². The fourth-order valence-electron chi connectivity index (χ4n) is 4.04. The van der Waals surface area contributed by atoms with E-state index >= 15 is 0 Å². The lowest BCUT2D eigenvalue weighted by Gasteiger charge is -2.19. The number of aryl methyl sites for hydroxylation is 1. The van der Waals surface area contributed by atoms with Crippen molar-refractivity contribution >= 4 is 51.7 Å². The summed E-state index contributed by atoms with van der Waals surface area (Å²) < 4.78 is 27.1. The molecule has 1 fully saturated rings. The van der Waals surface area contributed by atoms with Crippen LogP contribution in [0.15, 0.2) is 53.0 Å². The van der Waals surface area contributed by atoms with Gasteiger partial charge in [-0.25, -0.2) is 13.8 Å². The normalized spacial score (nSPS) is 19.3. The molecule has 9 heteroatoms. The Morgan fingerprint density at radius 2 is 2.06 bits per heavy atom. The lowest BCUT2D eigenvalue weighted by atomic mass is 9.97. The minimum atomic E-state index is -0.871. The van der Waals surface area contributed by atoms with Crippen LogP contribution in [0, 0.1) is 18.6 Å². The molecular weight excluding hydrogens is 492 g/mol. The Kier molecular flexibility index (Phi) is 8.23. The number of carbonyl (C=O) groups excluding carboxylic acids is 2. The molecule has 2 amide bonds. The first kappa shape index (κ1) is 25.4. The molecule has 0 aromatic heterocycles. The number of benzene rings is 2. The lowest BCUT2D eigenvalue weighted by Crippen LogP contribution is -2.34. The second-order valence-electron chi connectivity index (χ2n) is 8.66. The summed E-state index contributed by atoms with van der Waals surface area (Å²) in [5.41, 5.74) is 2.75. The van der Waals surface area contributed by atoms with Crippen molar-refractivity contribution in [2.75, 3.05) is 11.9 Å². The van der Waals surface area contributed by atoms with Crippen LogP contribution in [-0.4, -0.2) is 33.7 Å². The number of nitrogens with one attached hydrogen (secondary N) is 1. The minimum absolute atomic E-state index is 0.129. The number of thioether (sulfide) groups is 1. The van der Waals surface area contributed by atoms with Gasteiger partial charge in [0.15, 0.2) is 5.17 Å². The van der Waals surface area contributed by atoms with E-state index in [2.05, 4.69) is 16.4 Å². The molecule has 4 rings (SSSR count). The fourth-order valence-corrected chi connectivity index (χ4v) is 5.40. The molecule has 0 unspecified atom stereocenters. The van der Waals surface area contributed by atoms with Gasteiger partial charge in [0.1, 0.15) is 16.9 Å². The third kappa shape index (κ3) is 6.49. The van der Waals surface area contributed by atoms with Crippen LogP contribution in [0.3, 0.4) is 0 Å². The van der Waals surface area contributed by atoms with Gasteiger partial charge in [-0.1, -0.05) is 41.1 Å². The third-order valence-corrected chi connectivity index (χ3v) is 7.60. The molecule has 35 heavy (non-hydrogen) atoms. The standard InChI is InChI=1S/C26H26ClF2N3O2S/c1-16-7-9-19(14-20(16)27)30-26-32(12-11-17-5-3-2-4-6-17)25(34)23(35-26)15-24(33)31-22-10-8-18(28)13-21(22)29/h5,7-10,13-14,23H,2-4,6,11-12,15H2,1H3,(H,31,33)/t23-/m0/s1. The van der Waals surface area contributed by atoms with Gasteiger partial charge in [-0.05, 0) is 68.9 Å². The molecule has 1 aliphatic heterocycles. The number of aliphatic imine (C=N–C) groups is 1. The van der Waals surface area contributed by atoms with Gasteiger partial charge in [0, 0.05) is 24.1 Å². The van der Waals surface area contributed by atoms with Crippen LogP contribution in [0.2, 0.25) is 5.02 Å². The van der Waals surface area contributed by atoms with Crippen molar-refractivity contribution in [3.63, 3.8) is 0 Å². The highest BCUT2D eigenvalue weighted by Gasteiger charge is 2.39. The van der Waals surface area contributed by atoms with E-state index in [1.807, 2.05) is 19.1 Å². The van der Waals surface area contributed by atoms with E-state index < -0.39 is 22.8 Å². The highest BCUT2D eigenvalue weighted by molar-refractivity contribution is 8.15. The number of allylic oxidation sites excluding steroid dienone is 1. The van der Waals surface area contributed by atoms with Crippen molar-refractivity contribution in [1.82, 2.24) is 4.90 Å². The Morgan fingerprint density at radius 3 is 2.77 bits per heavy atom. The van der Waals surface area contributed by atoms with E-state index in [4.69, 9.17) is 11.6 Å². The lowest BCUT2D eigenvalue weighted by molar-refractivity contribution is -0.128. The molecule has 0 saturated carbocycles. The molecule has 0 spiro atoms. The molecule has 1 heterocycles. The van der Waals surface area contributed by atoms with Gasteiger partial charge >= 0.3 is 0 Å². The maximum absolute atomic E-state index is 13.9. The number of hydrogen-bond acceptors (Lipinski definition) is 4. The number of amidine groups is 1. The Bertz CT molecular complexity index is 1200. The number of anilines is 1. The van der Waals surface area contributed by atoms with Crippen molar-refractivity contribution in [3.8, 4) is 0 Å². The van der Waals surface area contributed by atoms with Crippen molar-refractivity contribution in [1.29, 1.82) is 0 Å². The van der Waals surface area contributed by atoms with E-state index in [0.29, 0.717) is 28.5 Å². The number of halogens is 3. The topological polar surface area (TPSA) is 61.8 Å². The molecule has 2 aromatic rings. The molecule has 2 aromatic carbocycles. The van der Waals surface area contributed by atoms with Crippen LogP contribution in [0.5, 0.6) is 0 Å². The number of carbonyl (C=O) groups is 2. The summed E-state index contributed by atoms with van der Waals surface area (Å²) in [6, 6.07) is 8.36. The molecular formula is C26H26ClF2N3O2S. The molecule has 1 atom stereocenters. The van der Waals surface area contributed by atoms with Crippen molar-refractivity contribution in [3.05, 3.63) is 70.3 Å². The zero-order chi connectivity index (χ0) is 24.9. The summed E-state index contributed by atoms with van der Waals surface area (Å²) in [7, 11) is 0. The quantitative estimate of drug-likeness (QED) is 0.412. The van der Waals surface area contributed by atoms with Crippen molar-refractivity contribution in [2.24, 2.45) is 4.99 Å². The van der Waals surface area contributed by atoms with Gasteiger partial charge in [0.05, 0.1) is 11.4 Å². The first-order chi connectivity index (χ1) is 16.8. The molecule has 1 N–H and O–H groups in total. The van der Waals surface area contributed by atoms with E-state index in [-0.39, 0.29) is 18.0 Å². The average molecular weight is 518 g/mol. The summed E-state index contributed by atoms with van der Waals surface area (Å²) in [5, 5.41) is 2.83. The number of rotatable bonds is 7. The number of hydrogen-bond donors (Lipinski definition) is 1. The maximum atomic E-state index is 13.9. The van der Waals surface area contributed by atoms with Crippen LogP contribution in [-0.2, 0) is 9.59 Å². The maximum Gasteiger partial charge on any atom is 0.242 e. The van der Waals surface area contributed by atoms with Gasteiger partial charge < -0.3 is 5.32 Å². The molecule has 184 valence electrons. The Balaban J connectivity index is 1.51. The zero-order valence-electron chi connectivity index (χ0n) is 19.3. The minimum Gasteiger partial charge on any atom is -0.324 e. The summed E-state index contributed by atoms with van der Waals surface area (Å²) in [4.78, 5) is 32.2. The molecule has 0 radical (unpaired) electrons. The molecule has 1 saturated heterocycles. The van der Waals surface area contributed by atoms with Crippen LogP contribution in [0.25, 0.3) is 0 Å². The summed E-state index contributed by atoms with van der Waals surface area (Å²) in [5.74, 6) is -2.35. The van der Waals surface area contributed by atoms with Crippen molar-refractivity contribution in [2.45, 2.75) is 50.7 Å². The molecule has 1 aliphatic carbocycles.